The van der Waals surface area contributed by atoms with Crippen LogP contribution in [0.5, 0.6) is 5.75 Å². The lowest BCUT2D eigenvalue weighted by molar-refractivity contribution is 0.0937. The third-order valence-corrected chi connectivity index (χ3v) is 7.61. The number of carbonyl (C=O) groups excluding carboxylic acids is 1. The maximum absolute atomic E-state index is 14.1. The summed E-state index contributed by atoms with van der Waals surface area (Å²) in [4.78, 5) is 20.2. The number of aromatic hydroxyl groups is 1. The number of methoxy groups -OCH3 is 1. The summed E-state index contributed by atoms with van der Waals surface area (Å²) in [5, 5.41) is 13.3. The summed E-state index contributed by atoms with van der Waals surface area (Å²) in [6.45, 7) is 4.52. The fraction of sp³-hybridized carbons (Fsp3) is 0.355. The van der Waals surface area contributed by atoms with Gasteiger partial charge in [-0.05, 0) is 73.7 Å². The third-order valence-electron chi connectivity index (χ3n) is 7.61. The number of amides is 1. The monoisotopic (exact) mass is 531 g/mol. The smallest absolute Gasteiger partial charge is 0.270 e. The highest BCUT2D eigenvalue weighted by Crippen LogP contribution is 2.41. The highest BCUT2D eigenvalue weighted by Gasteiger charge is 2.43. The molecule has 0 radical (unpaired) electrons. The minimum Gasteiger partial charge on any atom is -0.508 e. The molecule has 1 aliphatic carbocycles. The summed E-state index contributed by atoms with van der Waals surface area (Å²) >= 11 is 0. The molecule has 4 atom stereocenters. The molecule has 2 fully saturated rings. The van der Waals surface area contributed by atoms with Gasteiger partial charge in [-0.1, -0.05) is 24.0 Å². The molecule has 0 unspecified atom stereocenters. The molecule has 1 amide bonds. The second-order valence-electron chi connectivity index (χ2n) is 10.3. The zero-order valence-electron chi connectivity index (χ0n) is 22.0. The van der Waals surface area contributed by atoms with Crippen LogP contribution >= 0.6 is 0 Å². The summed E-state index contributed by atoms with van der Waals surface area (Å²) in [7, 11) is 1.72. The number of likely N-dealkylation sites (tertiary alicyclic amines) is 1. The van der Waals surface area contributed by atoms with E-state index in [4.69, 9.17) is 4.74 Å². The second kappa shape index (κ2) is 11.5. The van der Waals surface area contributed by atoms with E-state index in [9.17, 15) is 18.7 Å². The summed E-state index contributed by atoms with van der Waals surface area (Å²) in [6, 6.07) is 12.1. The van der Waals surface area contributed by atoms with Gasteiger partial charge in [0.2, 0.25) is 0 Å². The van der Waals surface area contributed by atoms with E-state index in [0.29, 0.717) is 34.7 Å². The van der Waals surface area contributed by atoms with Crippen molar-refractivity contribution in [2.45, 2.75) is 31.8 Å². The van der Waals surface area contributed by atoms with E-state index < -0.39 is 23.6 Å². The molecule has 1 aromatic heterocycles. The van der Waals surface area contributed by atoms with Gasteiger partial charge in [-0.25, -0.2) is 13.8 Å². The van der Waals surface area contributed by atoms with E-state index in [1.807, 2.05) is 6.07 Å². The van der Waals surface area contributed by atoms with Crippen LogP contribution in [0, 0.1) is 42.2 Å². The molecule has 1 saturated carbocycles. The SMILES string of the molecule is COCCN1C[C@@H]2C[C@H]1C[C@H]2C#Cc1cc(C)nc(C(=O)N[C@@H](c2ccc(F)cc2)c2cc(F)ccc2O)c1. The Balaban J connectivity index is 1.35. The van der Waals surface area contributed by atoms with Crippen LogP contribution in [0.15, 0.2) is 54.6 Å². The van der Waals surface area contributed by atoms with Crippen molar-refractivity contribution in [3.05, 3.63) is 94.3 Å². The predicted molar refractivity (Wildman–Crippen MR) is 143 cm³/mol. The molecule has 202 valence electrons. The number of carbonyl (C=O) groups is 1. The van der Waals surface area contributed by atoms with Crippen LogP contribution in [-0.4, -0.2) is 53.7 Å². The van der Waals surface area contributed by atoms with Crippen molar-refractivity contribution in [2.75, 3.05) is 26.8 Å². The Labute approximate surface area is 227 Å². The molecule has 5 rings (SSSR count). The van der Waals surface area contributed by atoms with Crippen molar-refractivity contribution in [1.82, 2.24) is 15.2 Å². The number of nitrogens with one attached hydrogen (secondary N) is 1. The van der Waals surface area contributed by atoms with Gasteiger partial charge in [0, 0.05) is 49.0 Å². The average Bonchev–Trinajstić information content (AvgIpc) is 3.51. The number of nitrogens with zero attached hydrogens (tertiary/aromatic N) is 2. The molecule has 39 heavy (non-hydrogen) atoms. The number of benzene rings is 2. The molecule has 2 aliphatic rings. The number of pyridine rings is 1. The fourth-order valence-corrected chi connectivity index (χ4v) is 5.70. The van der Waals surface area contributed by atoms with Crippen molar-refractivity contribution in [1.29, 1.82) is 0 Å². The lowest BCUT2D eigenvalue weighted by atomic mass is 9.94. The van der Waals surface area contributed by atoms with E-state index in [1.54, 1.807) is 20.1 Å². The predicted octanol–water partition coefficient (Wildman–Crippen LogP) is 4.60. The molecule has 6 nitrogen and oxygen atoms in total. The average molecular weight is 532 g/mol. The van der Waals surface area contributed by atoms with Crippen LogP contribution in [-0.2, 0) is 4.74 Å². The van der Waals surface area contributed by atoms with E-state index in [1.165, 1.54) is 30.3 Å². The molecule has 2 bridgehead atoms. The van der Waals surface area contributed by atoms with Gasteiger partial charge in [0.05, 0.1) is 12.6 Å². The van der Waals surface area contributed by atoms with Gasteiger partial charge >= 0.3 is 0 Å². The maximum atomic E-state index is 14.1. The first-order chi connectivity index (χ1) is 18.8. The Morgan fingerprint density at radius 2 is 1.92 bits per heavy atom. The first-order valence-corrected chi connectivity index (χ1v) is 13.1. The van der Waals surface area contributed by atoms with Crippen molar-refractivity contribution >= 4 is 5.91 Å². The number of halogens is 2. The van der Waals surface area contributed by atoms with Gasteiger partial charge in [-0.3, -0.25) is 9.69 Å². The van der Waals surface area contributed by atoms with Crippen LogP contribution < -0.4 is 5.32 Å². The number of rotatable bonds is 7. The minimum atomic E-state index is -0.930. The standard InChI is InChI=1S/C31H31F2N3O3/c1-19-13-20(3-4-22-15-26-16-23(22)18-36(26)11-12-39-2)14-28(34-19)31(38)35-30(21-5-7-24(32)8-6-21)27-17-25(33)9-10-29(27)37/h5-10,13-14,17,22-23,26,30,37H,11-12,15-16,18H2,1-2H3,(H,35,38)/t22-,23+,26-,30+/m1/s1. The number of ether oxygens (including phenoxy) is 1. The summed E-state index contributed by atoms with van der Waals surface area (Å²) in [5.74, 6) is 5.82. The Kier molecular flexibility index (Phi) is 7.92. The normalized spacial score (nSPS) is 20.9. The van der Waals surface area contributed by atoms with E-state index in [-0.39, 0.29) is 17.0 Å². The van der Waals surface area contributed by atoms with Crippen molar-refractivity contribution in [3.8, 4) is 17.6 Å². The zero-order valence-corrected chi connectivity index (χ0v) is 22.0. The lowest BCUT2D eigenvalue weighted by Crippen LogP contribution is -2.37. The number of hydrogen-bond donors (Lipinski definition) is 2. The summed E-state index contributed by atoms with van der Waals surface area (Å²) in [6.07, 6.45) is 2.19. The third kappa shape index (κ3) is 6.11. The topological polar surface area (TPSA) is 74.7 Å². The summed E-state index contributed by atoms with van der Waals surface area (Å²) < 4.78 is 32.9. The molecule has 2 N–H and O–H groups in total. The number of phenolic OH excluding ortho intramolecular Hbond substituents is 1. The number of aromatic nitrogens is 1. The van der Waals surface area contributed by atoms with Crippen molar-refractivity contribution in [2.24, 2.45) is 11.8 Å². The van der Waals surface area contributed by atoms with Crippen LogP contribution in [0.4, 0.5) is 8.78 Å². The molecule has 2 aromatic carbocycles. The van der Waals surface area contributed by atoms with Crippen LogP contribution in [0.1, 0.15) is 51.8 Å². The highest BCUT2D eigenvalue weighted by molar-refractivity contribution is 5.93. The molecule has 1 aliphatic heterocycles. The number of hydrogen-bond acceptors (Lipinski definition) is 5. The Hall–Kier alpha value is -3.80. The summed E-state index contributed by atoms with van der Waals surface area (Å²) in [5.41, 5.74) is 2.12. The number of fused-ring (bicyclic) bond motifs is 2. The first-order valence-electron chi connectivity index (χ1n) is 13.1. The van der Waals surface area contributed by atoms with Gasteiger partial charge in [-0.15, -0.1) is 0 Å². The zero-order chi connectivity index (χ0) is 27.5. The largest absolute Gasteiger partial charge is 0.508 e. The van der Waals surface area contributed by atoms with Gasteiger partial charge in [-0.2, -0.15) is 0 Å². The van der Waals surface area contributed by atoms with Gasteiger partial charge in [0.25, 0.3) is 5.91 Å². The molecule has 3 aromatic rings. The fourth-order valence-electron chi connectivity index (χ4n) is 5.70. The van der Waals surface area contributed by atoms with Crippen LogP contribution in [0.2, 0.25) is 0 Å². The van der Waals surface area contributed by atoms with Crippen molar-refractivity contribution in [3.63, 3.8) is 0 Å². The quantitative estimate of drug-likeness (QED) is 0.436. The van der Waals surface area contributed by atoms with Crippen LogP contribution in [0.25, 0.3) is 0 Å². The molecule has 8 heteroatoms. The highest BCUT2D eigenvalue weighted by atomic mass is 19.1. The number of phenols is 1. The lowest BCUT2D eigenvalue weighted by Gasteiger charge is -2.29. The Morgan fingerprint density at radius 3 is 2.64 bits per heavy atom. The van der Waals surface area contributed by atoms with Gasteiger partial charge < -0.3 is 15.2 Å². The Bertz CT molecular complexity index is 1420. The van der Waals surface area contributed by atoms with Gasteiger partial charge in [0.1, 0.15) is 23.1 Å². The number of aryl methyl sites for hydroxylation is 1. The van der Waals surface area contributed by atoms with Gasteiger partial charge in [0.15, 0.2) is 0 Å². The molecule has 1 saturated heterocycles. The van der Waals surface area contributed by atoms with Crippen LogP contribution in [0.3, 0.4) is 0 Å². The number of piperidine rings is 1. The first kappa shape index (κ1) is 26.8. The van der Waals surface area contributed by atoms with Crippen molar-refractivity contribution < 1.29 is 23.4 Å². The minimum absolute atomic E-state index is 0.151. The molecular formula is C31H31F2N3O3. The van der Waals surface area contributed by atoms with E-state index in [2.05, 4.69) is 27.0 Å². The van der Waals surface area contributed by atoms with E-state index in [0.717, 1.165) is 44.7 Å². The maximum Gasteiger partial charge on any atom is 0.270 e. The molecule has 0 spiro atoms. The molecule has 2 heterocycles. The van der Waals surface area contributed by atoms with E-state index >= 15 is 0 Å². The Morgan fingerprint density at radius 1 is 1.15 bits per heavy atom. The second-order valence-corrected chi connectivity index (χ2v) is 10.3. The molecular weight excluding hydrogens is 500 g/mol.